The molecule has 0 unspecified atom stereocenters. The van der Waals surface area contributed by atoms with Crippen LogP contribution >= 0.6 is 0 Å². The first-order valence-electron chi connectivity index (χ1n) is 7.87. The van der Waals surface area contributed by atoms with Crippen LogP contribution in [0.3, 0.4) is 0 Å². The van der Waals surface area contributed by atoms with Gasteiger partial charge in [-0.2, -0.15) is 5.10 Å². The molecule has 6 nitrogen and oxygen atoms in total. The topological polar surface area (TPSA) is 59.4 Å². The second-order valence-corrected chi connectivity index (χ2v) is 5.66. The molecule has 122 valence electrons. The van der Waals surface area contributed by atoms with Crippen LogP contribution < -0.4 is 10.1 Å². The average molecular weight is 314 g/mol. The molecule has 1 fully saturated rings. The van der Waals surface area contributed by atoms with Crippen molar-refractivity contribution in [2.45, 2.75) is 6.42 Å². The van der Waals surface area contributed by atoms with E-state index in [-0.39, 0.29) is 5.91 Å². The van der Waals surface area contributed by atoms with Gasteiger partial charge in [-0.05, 0) is 25.1 Å². The second kappa shape index (κ2) is 6.83. The number of aryl methyl sites for hydroxylation is 1. The van der Waals surface area contributed by atoms with E-state index in [1.165, 1.54) is 0 Å². The molecule has 6 heteroatoms. The number of hydrogen-bond donors (Lipinski definition) is 1. The fourth-order valence-electron chi connectivity index (χ4n) is 2.90. The molecule has 0 saturated carbocycles. The van der Waals surface area contributed by atoms with Crippen LogP contribution in [-0.4, -0.2) is 53.9 Å². The molecule has 0 radical (unpaired) electrons. The molecule has 0 bridgehead atoms. The van der Waals surface area contributed by atoms with Gasteiger partial charge in [-0.15, -0.1) is 0 Å². The first-order chi connectivity index (χ1) is 11.2. The molecule has 1 N–H and O–H groups in total. The van der Waals surface area contributed by atoms with Gasteiger partial charge in [-0.1, -0.05) is 12.1 Å². The minimum absolute atomic E-state index is 0.0303. The van der Waals surface area contributed by atoms with Crippen molar-refractivity contribution in [2.24, 2.45) is 7.05 Å². The number of carbonyl (C=O) groups is 1. The molecule has 2 heterocycles. The number of carbonyl (C=O) groups excluding carboxylic acids is 1. The molecule has 23 heavy (non-hydrogen) atoms. The van der Waals surface area contributed by atoms with E-state index in [4.69, 9.17) is 4.74 Å². The predicted molar refractivity (Wildman–Crippen MR) is 88.6 cm³/mol. The summed E-state index contributed by atoms with van der Waals surface area (Å²) in [5.41, 5.74) is 2.14. The fraction of sp³-hybridized carbons (Fsp3) is 0.412. The molecule has 0 aliphatic carbocycles. The normalized spacial score (nSPS) is 15.3. The van der Waals surface area contributed by atoms with Gasteiger partial charge in [0.2, 0.25) is 0 Å². The summed E-state index contributed by atoms with van der Waals surface area (Å²) in [6.07, 6.45) is 2.76. The van der Waals surface area contributed by atoms with Crippen LogP contribution in [0.15, 0.2) is 30.5 Å². The van der Waals surface area contributed by atoms with E-state index in [0.29, 0.717) is 11.3 Å². The molecule has 0 spiro atoms. The number of para-hydroxylation sites is 1. The van der Waals surface area contributed by atoms with Gasteiger partial charge in [-0.3, -0.25) is 9.48 Å². The van der Waals surface area contributed by atoms with Crippen molar-refractivity contribution in [3.63, 3.8) is 0 Å². The molecule has 2 aromatic rings. The summed E-state index contributed by atoms with van der Waals surface area (Å²) in [4.78, 5) is 14.9. The predicted octanol–water partition coefficient (Wildman–Crippen LogP) is 1.53. The quantitative estimate of drug-likeness (QED) is 0.933. The molecule has 3 rings (SSSR count). The van der Waals surface area contributed by atoms with E-state index in [1.807, 2.05) is 36.2 Å². The third-order valence-electron chi connectivity index (χ3n) is 4.05. The van der Waals surface area contributed by atoms with Gasteiger partial charge in [-0.25, -0.2) is 0 Å². The van der Waals surface area contributed by atoms with Crippen molar-refractivity contribution in [2.75, 3.05) is 33.3 Å². The number of amides is 1. The lowest BCUT2D eigenvalue weighted by Crippen LogP contribution is -2.34. The van der Waals surface area contributed by atoms with Crippen LogP contribution in [0.25, 0.3) is 11.3 Å². The van der Waals surface area contributed by atoms with E-state index in [0.717, 1.165) is 43.9 Å². The summed E-state index contributed by atoms with van der Waals surface area (Å²) in [5, 5.41) is 7.82. The Morgan fingerprint density at radius 2 is 2.09 bits per heavy atom. The molecule has 1 aromatic heterocycles. The summed E-state index contributed by atoms with van der Waals surface area (Å²) in [6.45, 7) is 3.28. The molecule has 1 aromatic carbocycles. The highest BCUT2D eigenvalue weighted by Crippen LogP contribution is 2.31. The van der Waals surface area contributed by atoms with Crippen molar-refractivity contribution < 1.29 is 9.53 Å². The van der Waals surface area contributed by atoms with Crippen LogP contribution in [-0.2, 0) is 7.05 Å². The standard InChI is InChI=1S/C17H22N4O2/c1-20-12-14(17(22)21-10-5-8-18-9-11-21)16(19-20)13-6-3-4-7-15(13)23-2/h3-4,6-7,12,18H,5,8-11H2,1-2H3. The number of ether oxygens (including phenoxy) is 1. The van der Waals surface area contributed by atoms with Crippen LogP contribution in [0.2, 0.25) is 0 Å². The maximum atomic E-state index is 13.0. The van der Waals surface area contributed by atoms with Crippen LogP contribution in [0.4, 0.5) is 0 Å². The molecule has 1 amide bonds. The maximum absolute atomic E-state index is 13.0. The average Bonchev–Trinajstić information content (AvgIpc) is 2.78. The summed E-state index contributed by atoms with van der Waals surface area (Å²) in [5.74, 6) is 0.750. The Labute approximate surface area is 136 Å². The first-order valence-corrected chi connectivity index (χ1v) is 7.87. The van der Waals surface area contributed by atoms with Gasteiger partial charge < -0.3 is 15.0 Å². The van der Waals surface area contributed by atoms with Gasteiger partial charge in [0.15, 0.2) is 0 Å². The Morgan fingerprint density at radius 1 is 1.26 bits per heavy atom. The lowest BCUT2D eigenvalue weighted by molar-refractivity contribution is 0.0767. The van der Waals surface area contributed by atoms with Crippen molar-refractivity contribution in [1.29, 1.82) is 0 Å². The number of methoxy groups -OCH3 is 1. The summed E-state index contributed by atoms with van der Waals surface area (Å²) >= 11 is 0. The van der Waals surface area contributed by atoms with E-state index in [1.54, 1.807) is 18.0 Å². The molecule has 1 aliphatic rings. The SMILES string of the molecule is COc1ccccc1-c1nn(C)cc1C(=O)N1CCCNCC1. The number of hydrogen-bond acceptors (Lipinski definition) is 4. The summed E-state index contributed by atoms with van der Waals surface area (Å²) in [6, 6.07) is 7.65. The third kappa shape index (κ3) is 3.22. The largest absolute Gasteiger partial charge is 0.496 e. The minimum atomic E-state index is 0.0303. The van der Waals surface area contributed by atoms with E-state index in [2.05, 4.69) is 10.4 Å². The van der Waals surface area contributed by atoms with Crippen LogP contribution in [0, 0.1) is 0 Å². The molecular weight excluding hydrogens is 292 g/mol. The van der Waals surface area contributed by atoms with Crippen molar-refractivity contribution in [1.82, 2.24) is 20.0 Å². The van der Waals surface area contributed by atoms with Gasteiger partial charge in [0, 0.05) is 38.4 Å². The fourth-order valence-corrected chi connectivity index (χ4v) is 2.90. The summed E-state index contributed by atoms with van der Waals surface area (Å²) < 4.78 is 7.11. The van der Waals surface area contributed by atoms with Crippen molar-refractivity contribution in [3.8, 4) is 17.0 Å². The molecule has 0 atom stereocenters. The number of aromatic nitrogens is 2. The smallest absolute Gasteiger partial charge is 0.257 e. The lowest BCUT2D eigenvalue weighted by atomic mass is 10.1. The van der Waals surface area contributed by atoms with Gasteiger partial charge >= 0.3 is 0 Å². The Morgan fingerprint density at radius 3 is 2.91 bits per heavy atom. The summed E-state index contributed by atoms with van der Waals surface area (Å²) in [7, 11) is 3.46. The number of nitrogens with zero attached hydrogens (tertiary/aromatic N) is 3. The minimum Gasteiger partial charge on any atom is -0.496 e. The van der Waals surface area contributed by atoms with Crippen LogP contribution in [0.1, 0.15) is 16.8 Å². The number of nitrogens with one attached hydrogen (secondary N) is 1. The Kier molecular flexibility index (Phi) is 4.62. The highest BCUT2D eigenvalue weighted by molar-refractivity contribution is 6.00. The Bertz CT molecular complexity index is 688. The maximum Gasteiger partial charge on any atom is 0.257 e. The highest BCUT2D eigenvalue weighted by atomic mass is 16.5. The molecule has 1 aliphatic heterocycles. The van der Waals surface area contributed by atoms with Crippen LogP contribution in [0.5, 0.6) is 5.75 Å². The van der Waals surface area contributed by atoms with Gasteiger partial charge in [0.25, 0.3) is 5.91 Å². The zero-order valence-corrected chi connectivity index (χ0v) is 13.6. The first kappa shape index (κ1) is 15.6. The van der Waals surface area contributed by atoms with Crippen molar-refractivity contribution >= 4 is 5.91 Å². The zero-order chi connectivity index (χ0) is 16.2. The molecular formula is C17H22N4O2. The second-order valence-electron chi connectivity index (χ2n) is 5.66. The number of rotatable bonds is 3. The Hall–Kier alpha value is -2.34. The van der Waals surface area contributed by atoms with Gasteiger partial charge in [0.1, 0.15) is 11.4 Å². The highest BCUT2D eigenvalue weighted by Gasteiger charge is 2.24. The van der Waals surface area contributed by atoms with Crippen molar-refractivity contribution in [3.05, 3.63) is 36.0 Å². The third-order valence-corrected chi connectivity index (χ3v) is 4.05. The van der Waals surface area contributed by atoms with Gasteiger partial charge in [0.05, 0.1) is 12.7 Å². The van der Waals surface area contributed by atoms with E-state index < -0.39 is 0 Å². The molecule has 1 saturated heterocycles. The number of benzene rings is 1. The lowest BCUT2D eigenvalue weighted by Gasteiger charge is -2.20. The van der Waals surface area contributed by atoms with E-state index in [9.17, 15) is 4.79 Å². The zero-order valence-electron chi connectivity index (χ0n) is 13.6. The van der Waals surface area contributed by atoms with E-state index >= 15 is 0 Å². The Balaban J connectivity index is 1.98. The monoisotopic (exact) mass is 314 g/mol.